The lowest BCUT2D eigenvalue weighted by molar-refractivity contribution is -0.136. The number of amides is 2. The molecule has 104 valence electrons. The zero-order valence-corrected chi connectivity index (χ0v) is 10.9. The molecular formula is C12H22N2O4. The lowest BCUT2D eigenvalue weighted by Crippen LogP contribution is -2.46. The van der Waals surface area contributed by atoms with Gasteiger partial charge in [-0.3, -0.25) is 9.59 Å². The van der Waals surface area contributed by atoms with Gasteiger partial charge in [0.25, 0.3) is 0 Å². The third-order valence-corrected chi connectivity index (χ3v) is 2.96. The molecule has 6 heteroatoms. The quantitative estimate of drug-likeness (QED) is 0.674. The summed E-state index contributed by atoms with van der Waals surface area (Å²) in [6.07, 6.45) is 3.40. The fourth-order valence-electron chi connectivity index (χ4n) is 1.99. The van der Waals surface area contributed by atoms with Crippen LogP contribution in [0.25, 0.3) is 0 Å². The summed E-state index contributed by atoms with van der Waals surface area (Å²) in [5, 5.41) is 11.7. The van der Waals surface area contributed by atoms with Gasteiger partial charge in [0.2, 0.25) is 11.8 Å². The fourth-order valence-corrected chi connectivity index (χ4v) is 1.99. The summed E-state index contributed by atoms with van der Waals surface area (Å²) in [5.41, 5.74) is 0. The van der Waals surface area contributed by atoms with Crippen molar-refractivity contribution in [2.24, 2.45) is 0 Å². The van der Waals surface area contributed by atoms with Crippen LogP contribution in [0.4, 0.5) is 0 Å². The molecule has 1 aliphatic heterocycles. The number of methoxy groups -OCH3 is 1. The first-order valence-corrected chi connectivity index (χ1v) is 6.34. The summed E-state index contributed by atoms with van der Waals surface area (Å²) in [6, 6.07) is -0.412. The molecule has 0 saturated carbocycles. The molecule has 1 rings (SSSR count). The number of carbonyl (C=O) groups excluding carboxylic acids is 2. The van der Waals surface area contributed by atoms with E-state index in [4.69, 9.17) is 9.84 Å². The number of rotatable bonds is 6. The smallest absolute Gasteiger partial charge is 0.240 e. The SMILES string of the molecule is COCC(CO)NC(=O)CN1CCCCCC1=O. The zero-order valence-electron chi connectivity index (χ0n) is 10.9. The molecular weight excluding hydrogens is 236 g/mol. The number of hydrogen-bond acceptors (Lipinski definition) is 4. The summed E-state index contributed by atoms with van der Waals surface area (Å²) in [7, 11) is 1.51. The number of ether oxygens (including phenoxy) is 1. The Labute approximate surface area is 107 Å². The van der Waals surface area contributed by atoms with Gasteiger partial charge in [-0.1, -0.05) is 6.42 Å². The second kappa shape index (κ2) is 8.05. The Kier molecular flexibility index (Phi) is 6.67. The van der Waals surface area contributed by atoms with E-state index in [2.05, 4.69) is 5.32 Å². The maximum Gasteiger partial charge on any atom is 0.240 e. The predicted octanol–water partition coefficient (Wildman–Crippen LogP) is -0.487. The van der Waals surface area contributed by atoms with E-state index >= 15 is 0 Å². The highest BCUT2D eigenvalue weighted by molar-refractivity contribution is 5.85. The molecule has 1 heterocycles. The van der Waals surface area contributed by atoms with Crippen LogP contribution in [0.15, 0.2) is 0 Å². The van der Waals surface area contributed by atoms with Gasteiger partial charge >= 0.3 is 0 Å². The number of likely N-dealkylation sites (tertiary alicyclic amines) is 1. The van der Waals surface area contributed by atoms with Crippen LogP contribution in [0.2, 0.25) is 0 Å². The van der Waals surface area contributed by atoms with Crippen molar-refractivity contribution in [3.63, 3.8) is 0 Å². The first-order chi connectivity index (χ1) is 8.67. The number of hydrogen-bond donors (Lipinski definition) is 2. The predicted molar refractivity (Wildman–Crippen MR) is 65.9 cm³/mol. The normalized spacial score (nSPS) is 18.3. The van der Waals surface area contributed by atoms with E-state index in [1.54, 1.807) is 4.90 Å². The van der Waals surface area contributed by atoms with Gasteiger partial charge in [-0.15, -0.1) is 0 Å². The van der Waals surface area contributed by atoms with Crippen LogP contribution in [-0.2, 0) is 14.3 Å². The number of aliphatic hydroxyl groups excluding tert-OH is 1. The first kappa shape index (κ1) is 14.9. The molecule has 2 N–H and O–H groups in total. The molecule has 1 fully saturated rings. The number of carbonyl (C=O) groups is 2. The summed E-state index contributed by atoms with van der Waals surface area (Å²) in [6.45, 7) is 0.795. The van der Waals surface area contributed by atoms with Gasteiger partial charge in [0, 0.05) is 20.1 Å². The van der Waals surface area contributed by atoms with E-state index in [9.17, 15) is 9.59 Å². The molecule has 0 radical (unpaired) electrons. The average molecular weight is 258 g/mol. The summed E-state index contributed by atoms with van der Waals surface area (Å²) < 4.78 is 4.87. The van der Waals surface area contributed by atoms with E-state index in [0.717, 1.165) is 19.3 Å². The van der Waals surface area contributed by atoms with Crippen molar-refractivity contribution in [3.8, 4) is 0 Å². The minimum absolute atomic E-state index is 0.0370. The Hall–Kier alpha value is -1.14. The second-order valence-corrected chi connectivity index (χ2v) is 4.53. The van der Waals surface area contributed by atoms with Gasteiger partial charge in [0.05, 0.1) is 25.8 Å². The third-order valence-electron chi connectivity index (χ3n) is 2.96. The van der Waals surface area contributed by atoms with Crippen LogP contribution in [0.1, 0.15) is 25.7 Å². The zero-order chi connectivity index (χ0) is 13.4. The van der Waals surface area contributed by atoms with Gasteiger partial charge in [-0.2, -0.15) is 0 Å². The van der Waals surface area contributed by atoms with Gasteiger partial charge in [-0.05, 0) is 12.8 Å². The molecule has 0 aliphatic carbocycles. The van der Waals surface area contributed by atoms with Gasteiger partial charge < -0.3 is 20.1 Å². The van der Waals surface area contributed by atoms with Crippen LogP contribution in [0.5, 0.6) is 0 Å². The van der Waals surface area contributed by atoms with Crippen molar-refractivity contribution in [3.05, 3.63) is 0 Å². The molecule has 1 saturated heterocycles. The number of nitrogens with zero attached hydrogens (tertiary/aromatic N) is 1. The highest BCUT2D eigenvalue weighted by Crippen LogP contribution is 2.10. The van der Waals surface area contributed by atoms with Crippen LogP contribution < -0.4 is 5.32 Å². The molecule has 0 aromatic carbocycles. The molecule has 0 bridgehead atoms. The maximum absolute atomic E-state index is 11.7. The van der Waals surface area contributed by atoms with Crippen LogP contribution in [0, 0.1) is 0 Å². The first-order valence-electron chi connectivity index (χ1n) is 6.34. The molecule has 0 aromatic rings. The Morgan fingerprint density at radius 1 is 1.50 bits per heavy atom. The van der Waals surface area contributed by atoms with Crippen molar-refractivity contribution in [1.82, 2.24) is 10.2 Å². The number of nitrogens with one attached hydrogen (secondary N) is 1. The topological polar surface area (TPSA) is 78.9 Å². The largest absolute Gasteiger partial charge is 0.394 e. The highest BCUT2D eigenvalue weighted by Gasteiger charge is 2.20. The van der Waals surface area contributed by atoms with Crippen LogP contribution >= 0.6 is 0 Å². The summed E-state index contributed by atoms with van der Waals surface area (Å²) in [4.78, 5) is 25.0. The van der Waals surface area contributed by atoms with E-state index in [0.29, 0.717) is 13.0 Å². The standard InChI is InChI=1S/C12H22N2O4/c1-18-9-10(8-15)13-11(16)7-14-6-4-2-3-5-12(14)17/h10,15H,2-9H2,1H3,(H,13,16). The number of aliphatic hydroxyl groups is 1. The van der Waals surface area contributed by atoms with Crippen molar-refractivity contribution < 1.29 is 19.4 Å². The lowest BCUT2D eigenvalue weighted by atomic mass is 10.2. The molecule has 1 aliphatic rings. The van der Waals surface area contributed by atoms with Gasteiger partial charge in [0.15, 0.2) is 0 Å². The molecule has 0 aromatic heterocycles. The molecule has 18 heavy (non-hydrogen) atoms. The lowest BCUT2D eigenvalue weighted by Gasteiger charge is -2.22. The van der Waals surface area contributed by atoms with Crippen molar-refractivity contribution in [1.29, 1.82) is 0 Å². The van der Waals surface area contributed by atoms with Crippen LogP contribution in [0.3, 0.4) is 0 Å². The minimum atomic E-state index is -0.412. The van der Waals surface area contributed by atoms with E-state index in [1.165, 1.54) is 7.11 Å². The van der Waals surface area contributed by atoms with Crippen molar-refractivity contribution in [2.45, 2.75) is 31.7 Å². The Bertz CT molecular complexity index is 283. The van der Waals surface area contributed by atoms with E-state index in [-0.39, 0.29) is 31.6 Å². The van der Waals surface area contributed by atoms with Crippen molar-refractivity contribution >= 4 is 11.8 Å². The average Bonchev–Trinajstić information content (AvgIpc) is 2.54. The third kappa shape index (κ3) is 5.01. The Morgan fingerprint density at radius 3 is 2.94 bits per heavy atom. The summed E-state index contributed by atoms with van der Waals surface area (Å²) in [5.74, 6) is -0.212. The van der Waals surface area contributed by atoms with E-state index < -0.39 is 6.04 Å². The second-order valence-electron chi connectivity index (χ2n) is 4.53. The van der Waals surface area contributed by atoms with Gasteiger partial charge in [0.1, 0.15) is 0 Å². The molecule has 1 unspecified atom stereocenters. The molecule has 1 atom stereocenters. The van der Waals surface area contributed by atoms with E-state index in [1.807, 2.05) is 0 Å². The fraction of sp³-hybridized carbons (Fsp3) is 0.833. The Balaban J connectivity index is 2.39. The van der Waals surface area contributed by atoms with Crippen molar-refractivity contribution in [2.75, 3.05) is 33.4 Å². The maximum atomic E-state index is 11.7. The molecule has 0 spiro atoms. The molecule has 2 amide bonds. The minimum Gasteiger partial charge on any atom is -0.394 e. The Morgan fingerprint density at radius 2 is 2.28 bits per heavy atom. The van der Waals surface area contributed by atoms with Crippen LogP contribution in [-0.4, -0.2) is 61.3 Å². The summed E-state index contributed by atoms with van der Waals surface area (Å²) >= 11 is 0. The highest BCUT2D eigenvalue weighted by atomic mass is 16.5. The van der Waals surface area contributed by atoms with Gasteiger partial charge in [-0.25, -0.2) is 0 Å². The molecule has 6 nitrogen and oxygen atoms in total. The monoisotopic (exact) mass is 258 g/mol.